The van der Waals surface area contributed by atoms with Crippen LogP contribution in [0.25, 0.3) is 0 Å². The van der Waals surface area contributed by atoms with Crippen molar-refractivity contribution in [2.75, 3.05) is 44.2 Å². The van der Waals surface area contributed by atoms with Gasteiger partial charge in [0.05, 0.1) is 6.10 Å². The third-order valence-electron chi connectivity index (χ3n) is 4.60. The minimum absolute atomic E-state index is 0.219. The van der Waals surface area contributed by atoms with Crippen molar-refractivity contribution in [1.29, 1.82) is 0 Å². The van der Waals surface area contributed by atoms with Gasteiger partial charge in [0, 0.05) is 43.4 Å². The minimum Gasteiger partial charge on any atom is -0.491 e. The highest BCUT2D eigenvalue weighted by molar-refractivity contribution is 6.30. The molecule has 4 nitrogen and oxygen atoms in total. The Balaban J connectivity index is 1.35. The van der Waals surface area contributed by atoms with Crippen LogP contribution in [0.1, 0.15) is 6.42 Å². The first-order valence-corrected chi connectivity index (χ1v) is 9.27. The lowest BCUT2D eigenvalue weighted by atomic mass is 10.2. The predicted molar refractivity (Wildman–Crippen MR) is 103 cm³/mol. The fraction of sp³-hybridized carbons (Fsp3) is 0.400. The maximum absolute atomic E-state index is 12.8. The van der Waals surface area contributed by atoms with Crippen molar-refractivity contribution in [2.24, 2.45) is 0 Å². The standard InChI is InChI=1S/C20H24ClFN2O2/c21-16-1-5-18(6-2-16)24-13-11-23(12-14-24)10-9-19(25)15-26-20-7-3-17(22)4-8-20/h1-8,19,25H,9-15H2. The van der Waals surface area contributed by atoms with Gasteiger partial charge in [0.1, 0.15) is 18.2 Å². The SMILES string of the molecule is OC(CCN1CCN(c2ccc(Cl)cc2)CC1)COc1ccc(F)cc1. The number of hydrogen-bond donors (Lipinski definition) is 1. The van der Waals surface area contributed by atoms with Gasteiger partial charge in [-0.05, 0) is 55.0 Å². The Morgan fingerprint density at radius 2 is 1.65 bits per heavy atom. The Kier molecular flexibility index (Phi) is 6.72. The monoisotopic (exact) mass is 378 g/mol. The second-order valence-electron chi connectivity index (χ2n) is 6.51. The molecule has 0 spiro atoms. The van der Waals surface area contributed by atoms with Gasteiger partial charge < -0.3 is 14.7 Å². The molecule has 26 heavy (non-hydrogen) atoms. The van der Waals surface area contributed by atoms with Crippen molar-refractivity contribution >= 4 is 17.3 Å². The number of aliphatic hydroxyl groups excluding tert-OH is 1. The molecule has 1 unspecified atom stereocenters. The second kappa shape index (κ2) is 9.21. The molecule has 140 valence electrons. The zero-order chi connectivity index (χ0) is 18.4. The van der Waals surface area contributed by atoms with Gasteiger partial charge in [0.2, 0.25) is 0 Å². The molecule has 1 atom stereocenters. The number of nitrogens with zero attached hydrogens (tertiary/aromatic N) is 2. The fourth-order valence-electron chi connectivity index (χ4n) is 3.02. The number of rotatable bonds is 7. The maximum Gasteiger partial charge on any atom is 0.123 e. The summed E-state index contributed by atoms with van der Waals surface area (Å²) in [4.78, 5) is 4.70. The zero-order valence-electron chi connectivity index (χ0n) is 14.7. The van der Waals surface area contributed by atoms with E-state index in [1.807, 2.05) is 12.1 Å². The number of piperazine rings is 1. The number of halogens is 2. The summed E-state index contributed by atoms with van der Waals surface area (Å²) in [7, 11) is 0. The van der Waals surface area contributed by atoms with Crippen LogP contribution in [-0.4, -0.2) is 55.4 Å². The average Bonchev–Trinajstić information content (AvgIpc) is 2.67. The average molecular weight is 379 g/mol. The van der Waals surface area contributed by atoms with Crippen LogP contribution >= 0.6 is 11.6 Å². The second-order valence-corrected chi connectivity index (χ2v) is 6.95. The molecule has 0 aliphatic carbocycles. The first-order chi connectivity index (χ1) is 12.6. The van der Waals surface area contributed by atoms with E-state index in [-0.39, 0.29) is 12.4 Å². The van der Waals surface area contributed by atoms with Crippen LogP contribution in [0.15, 0.2) is 48.5 Å². The van der Waals surface area contributed by atoms with E-state index in [9.17, 15) is 9.50 Å². The van der Waals surface area contributed by atoms with E-state index in [0.717, 1.165) is 37.7 Å². The summed E-state index contributed by atoms with van der Waals surface area (Å²) < 4.78 is 18.3. The lowest BCUT2D eigenvalue weighted by Crippen LogP contribution is -2.47. The normalized spacial score (nSPS) is 16.5. The van der Waals surface area contributed by atoms with Crippen molar-refractivity contribution in [1.82, 2.24) is 4.90 Å². The lowest BCUT2D eigenvalue weighted by molar-refractivity contribution is 0.0866. The smallest absolute Gasteiger partial charge is 0.123 e. The highest BCUT2D eigenvalue weighted by Gasteiger charge is 2.18. The Labute approximate surface area is 158 Å². The Hall–Kier alpha value is -1.82. The van der Waals surface area contributed by atoms with E-state index >= 15 is 0 Å². The van der Waals surface area contributed by atoms with Gasteiger partial charge in [-0.1, -0.05) is 11.6 Å². The van der Waals surface area contributed by atoms with Crippen molar-refractivity contribution in [2.45, 2.75) is 12.5 Å². The van der Waals surface area contributed by atoms with Gasteiger partial charge in [0.15, 0.2) is 0 Å². The fourth-order valence-corrected chi connectivity index (χ4v) is 3.15. The summed E-state index contributed by atoms with van der Waals surface area (Å²) in [5.74, 6) is 0.276. The molecular weight excluding hydrogens is 355 g/mol. The quantitative estimate of drug-likeness (QED) is 0.800. The first kappa shape index (κ1) is 19.0. The molecule has 1 fully saturated rings. The number of aliphatic hydroxyl groups is 1. The van der Waals surface area contributed by atoms with Crippen LogP contribution in [0.4, 0.5) is 10.1 Å². The van der Waals surface area contributed by atoms with E-state index in [4.69, 9.17) is 16.3 Å². The molecule has 1 heterocycles. The van der Waals surface area contributed by atoms with Crippen molar-refractivity contribution in [3.05, 3.63) is 59.4 Å². The number of benzene rings is 2. The zero-order valence-corrected chi connectivity index (χ0v) is 15.4. The molecule has 1 aliphatic rings. The highest BCUT2D eigenvalue weighted by Crippen LogP contribution is 2.19. The van der Waals surface area contributed by atoms with Gasteiger partial charge in [0.25, 0.3) is 0 Å². The molecule has 6 heteroatoms. The van der Waals surface area contributed by atoms with Crippen LogP contribution in [-0.2, 0) is 0 Å². The molecular formula is C20H24ClFN2O2. The first-order valence-electron chi connectivity index (χ1n) is 8.89. The minimum atomic E-state index is -0.533. The number of anilines is 1. The largest absolute Gasteiger partial charge is 0.491 e. The number of hydrogen-bond acceptors (Lipinski definition) is 4. The number of ether oxygens (including phenoxy) is 1. The summed E-state index contributed by atoms with van der Waals surface area (Å²) in [5, 5.41) is 10.9. The van der Waals surface area contributed by atoms with Gasteiger partial charge >= 0.3 is 0 Å². The molecule has 2 aromatic carbocycles. The molecule has 2 aromatic rings. The van der Waals surface area contributed by atoms with Crippen molar-refractivity contribution in [3.8, 4) is 5.75 Å². The summed E-state index contributed by atoms with van der Waals surface area (Å²) in [6.45, 7) is 4.91. The third-order valence-corrected chi connectivity index (χ3v) is 4.85. The van der Waals surface area contributed by atoms with Crippen LogP contribution in [0.5, 0.6) is 5.75 Å². The van der Waals surface area contributed by atoms with E-state index < -0.39 is 6.10 Å². The van der Waals surface area contributed by atoms with Gasteiger partial charge in [-0.15, -0.1) is 0 Å². The Bertz CT molecular complexity index is 673. The molecule has 1 N–H and O–H groups in total. The van der Waals surface area contributed by atoms with Crippen molar-refractivity contribution in [3.63, 3.8) is 0 Å². The topological polar surface area (TPSA) is 35.9 Å². The summed E-state index contributed by atoms with van der Waals surface area (Å²) in [6, 6.07) is 13.8. The Morgan fingerprint density at radius 3 is 2.31 bits per heavy atom. The van der Waals surface area contributed by atoms with Crippen LogP contribution in [0.3, 0.4) is 0 Å². The predicted octanol–water partition coefficient (Wildman–Crippen LogP) is 3.43. The lowest BCUT2D eigenvalue weighted by Gasteiger charge is -2.36. The van der Waals surface area contributed by atoms with Crippen LogP contribution in [0, 0.1) is 5.82 Å². The summed E-state index contributed by atoms with van der Waals surface area (Å²) >= 11 is 5.94. The third kappa shape index (κ3) is 5.59. The molecule has 1 aliphatic heterocycles. The molecule has 0 amide bonds. The van der Waals surface area contributed by atoms with Crippen LogP contribution < -0.4 is 9.64 Å². The van der Waals surface area contributed by atoms with Crippen molar-refractivity contribution < 1.29 is 14.2 Å². The summed E-state index contributed by atoms with van der Waals surface area (Å²) in [6.07, 6.45) is 0.122. The van der Waals surface area contributed by atoms with Gasteiger partial charge in [-0.25, -0.2) is 4.39 Å². The molecule has 3 rings (SSSR count). The molecule has 1 saturated heterocycles. The maximum atomic E-state index is 12.8. The van der Waals surface area contributed by atoms with E-state index in [1.54, 1.807) is 12.1 Å². The molecule has 0 saturated carbocycles. The Morgan fingerprint density at radius 1 is 1.00 bits per heavy atom. The highest BCUT2D eigenvalue weighted by atomic mass is 35.5. The van der Waals surface area contributed by atoms with Gasteiger partial charge in [-0.2, -0.15) is 0 Å². The molecule has 0 bridgehead atoms. The molecule has 0 radical (unpaired) electrons. The van der Waals surface area contributed by atoms with Crippen LogP contribution in [0.2, 0.25) is 5.02 Å². The van der Waals surface area contributed by atoms with E-state index in [2.05, 4.69) is 21.9 Å². The van der Waals surface area contributed by atoms with E-state index in [0.29, 0.717) is 12.2 Å². The van der Waals surface area contributed by atoms with E-state index in [1.165, 1.54) is 17.8 Å². The van der Waals surface area contributed by atoms with Gasteiger partial charge in [-0.3, -0.25) is 4.90 Å². The molecule has 0 aromatic heterocycles. The summed E-state index contributed by atoms with van der Waals surface area (Å²) in [5.41, 5.74) is 1.20.